The van der Waals surface area contributed by atoms with Gasteiger partial charge in [-0.15, -0.1) is 0 Å². The normalized spacial score (nSPS) is 36.1. The molecule has 3 heteroatoms. The fourth-order valence-electron chi connectivity index (χ4n) is 3.91. The molecule has 2 fully saturated rings. The van der Waals surface area contributed by atoms with Gasteiger partial charge >= 0.3 is 0 Å². The highest BCUT2D eigenvalue weighted by Crippen LogP contribution is 2.30. The van der Waals surface area contributed by atoms with Crippen molar-refractivity contribution < 1.29 is 4.74 Å². The number of hydrogen-bond acceptors (Lipinski definition) is 3. The molecule has 1 N–H and O–H groups in total. The lowest BCUT2D eigenvalue weighted by atomic mass is 9.78. The third kappa shape index (κ3) is 4.44. The van der Waals surface area contributed by atoms with Gasteiger partial charge in [0.05, 0.1) is 13.2 Å². The van der Waals surface area contributed by atoms with Crippen molar-refractivity contribution >= 4 is 0 Å². The molecule has 0 bridgehead atoms. The largest absolute Gasteiger partial charge is 0.378 e. The van der Waals surface area contributed by atoms with E-state index >= 15 is 0 Å². The number of hydrogen-bond donors (Lipinski definition) is 1. The number of nitrogens with one attached hydrogen (secondary N) is 1. The quantitative estimate of drug-likeness (QED) is 0.811. The van der Waals surface area contributed by atoms with Crippen LogP contribution in [-0.4, -0.2) is 49.8 Å². The maximum atomic E-state index is 5.65. The molecule has 0 aromatic heterocycles. The van der Waals surface area contributed by atoms with Crippen molar-refractivity contribution in [1.82, 2.24) is 10.2 Å². The number of nitrogens with zero attached hydrogens (tertiary/aromatic N) is 1. The highest BCUT2D eigenvalue weighted by Gasteiger charge is 2.32. The summed E-state index contributed by atoms with van der Waals surface area (Å²) >= 11 is 0. The zero-order chi connectivity index (χ0) is 14.4. The van der Waals surface area contributed by atoms with E-state index < -0.39 is 0 Å². The van der Waals surface area contributed by atoms with Gasteiger partial charge in [-0.1, -0.05) is 20.8 Å². The van der Waals surface area contributed by atoms with Crippen LogP contribution in [0.4, 0.5) is 0 Å². The lowest BCUT2D eigenvalue weighted by Gasteiger charge is -2.42. The van der Waals surface area contributed by atoms with E-state index in [9.17, 15) is 0 Å². The lowest BCUT2D eigenvalue weighted by molar-refractivity contribution is -0.0220. The first-order valence-electron chi connectivity index (χ1n) is 8.79. The minimum Gasteiger partial charge on any atom is -0.378 e. The van der Waals surface area contributed by atoms with Gasteiger partial charge in [0.2, 0.25) is 0 Å². The van der Waals surface area contributed by atoms with Crippen LogP contribution in [0, 0.1) is 11.8 Å². The first-order chi connectivity index (χ1) is 9.74. The molecule has 2 aliphatic rings. The molecular weight excluding hydrogens is 248 g/mol. The second-order valence-electron chi connectivity index (χ2n) is 6.87. The highest BCUT2D eigenvalue weighted by molar-refractivity contribution is 4.87. The predicted molar refractivity (Wildman–Crippen MR) is 85.1 cm³/mol. The van der Waals surface area contributed by atoms with E-state index in [1.54, 1.807) is 0 Å². The van der Waals surface area contributed by atoms with Gasteiger partial charge in [0.25, 0.3) is 0 Å². The van der Waals surface area contributed by atoms with Crippen molar-refractivity contribution in [3.8, 4) is 0 Å². The van der Waals surface area contributed by atoms with Crippen LogP contribution in [0.2, 0.25) is 0 Å². The van der Waals surface area contributed by atoms with Crippen molar-refractivity contribution in [2.45, 2.75) is 65.0 Å². The molecule has 20 heavy (non-hydrogen) atoms. The molecule has 4 atom stereocenters. The summed E-state index contributed by atoms with van der Waals surface area (Å²) in [5.41, 5.74) is 0. The van der Waals surface area contributed by atoms with Crippen LogP contribution in [0.5, 0.6) is 0 Å². The third-order valence-corrected chi connectivity index (χ3v) is 5.19. The fraction of sp³-hybridized carbons (Fsp3) is 1.00. The molecule has 1 saturated heterocycles. The molecule has 2 rings (SSSR count). The summed E-state index contributed by atoms with van der Waals surface area (Å²) in [6, 6.07) is 1.39. The Balaban J connectivity index is 1.91. The van der Waals surface area contributed by atoms with Crippen LogP contribution >= 0.6 is 0 Å². The summed E-state index contributed by atoms with van der Waals surface area (Å²) in [4.78, 5) is 2.70. The summed E-state index contributed by atoms with van der Waals surface area (Å²) in [5, 5.41) is 3.81. The van der Waals surface area contributed by atoms with Gasteiger partial charge in [0.1, 0.15) is 0 Å². The van der Waals surface area contributed by atoms with Gasteiger partial charge in [-0.05, 0) is 50.5 Å². The minimum absolute atomic E-state index is 0.646. The summed E-state index contributed by atoms with van der Waals surface area (Å²) < 4.78 is 5.65. The van der Waals surface area contributed by atoms with E-state index in [4.69, 9.17) is 4.74 Å². The molecule has 1 saturated carbocycles. The van der Waals surface area contributed by atoms with Crippen molar-refractivity contribution in [2.75, 3.05) is 32.8 Å². The Hall–Kier alpha value is -0.120. The monoisotopic (exact) mass is 282 g/mol. The molecule has 0 aromatic carbocycles. The number of ether oxygens (including phenoxy) is 1. The fourth-order valence-corrected chi connectivity index (χ4v) is 3.91. The molecule has 1 heterocycles. The van der Waals surface area contributed by atoms with Crippen LogP contribution in [0.3, 0.4) is 0 Å². The number of morpholine rings is 1. The highest BCUT2D eigenvalue weighted by atomic mass is 16.5. The van der Waals surface area contributed by atoms with E-state index in [1.165, 1.54) is 45.2 Å². The topological polar surface area (TPSA) is 24.5 Å². The van der Waals surface area contributed by atoms with Crippen LogP contribution in [0.25, 0.3) is 0 Å². The Morgan fingerprint density at radius 2 is 2.10 bits per heavy atom. The Bertz CT molecular complexity index is 270. The number of rotatable bonds is 6. The van der Waals surface area contributed by atoms with Crippen molar-refractivity contribution in [3.63, 3.8) is 0 Å². The van der Waals surface area contributed by atoms with Crippen LogP contribution in [0.1, 0.15) is 52.9 Å². The lowest BCUT2D eigenvalue weighted by Crippen LogP contribution is -2.51. The van der Waals surface area contributed by atoms with Crippen molar-refractivity contribution in [1.29, 1.82) is 0 Å². The average Bonchev–Trinajstić information content (AvgIpc) is 2.47. The second-order valence-corrected chi connectivity index (χ2v) is 6.87. The molecule has 1 aliphatic carbocycles. The van der Waals surface area contributed by atoms with E-state index in [2.05, 4.69) is 31.0 Å². The van der Waals surface area contributed by atoms with Gasteiger partial charge in [-0.3, -0.25) is 4.90 Å². The summed E-state index contributed by atoms with van der Waals surface area (Å²) in [7, 11) is 0. The molecule has 3 nitrogen and oxygen atoms in total. The van der Waals surface area contributed by atoms with E-state index in [-0.39, 0.29) is 0 Å². The summed E-state index contributed by atoms with van der Waals surface area (Å²) in [6.07, 6.45) is 6.63. The Morgan fingerprint density at radius 3 is 2.85 bits per heavy atom. The van der Waals surface area contributed by atoms with Crippen LogP contribution in [-0.2, 0) is 4.74 Å². The molecule has 0 amide bonds. The van der Waals surface area contributed by atoms with E-state index in [0.29, 0.717) is 6.04 Å². The maximum Gasteiger partial charge on any atom is 0.0622 e. The predicted octanol–water partition coefficient (Wildman–Crippen LogP) is 2.90. The molecule has 0 radical (unpaired) electrons. The molecule has 118 valence electrons. The SMILES string of the molecule is CCCNC1CCC(C)CC1CN1CCOCC1CC. The molecule has 1 aliphatic heterocycles. The molecule has 4 unspecified atom stereocenters. The average molecular weight is 282 g/mol. The Morgan fingerprint density at radius 1 is 1.25 bits per heavy atom. The molecule has 0 spiro atoms. The zero-order valence-corrected chi connectivity index (χ0v) is 13.7. The minimum atomic E-state index is 0.646. The van der Waals surface area contributed by atoms with Crippen LogP contribution in [0.15, 0.2) is 0 Å². The van der Waals surface area contributed by atoms with Gasteiger partial charge in [-0.2, -0.15) is 0 Å². The Labute approximate surface area is 125 Å². The molecule has 0 aromatic rings. The summed E-state index contributed by atoms with van der Waals surface area (Å²) in [5.74, 6) is 1.73. The third-order valence-electron chi connectivity index (χ3n) is 5.19. The van der Waals surface area contributed by atoms with Crippen molar-refractivity contribution in [3.05, 3.63) is 0 Å². The summed E-state index contributed by atoms with van der Waals surface area (Å²) in [6.45, 7) is 12.4. The van der Waals surface area contributed by atoms with Gasteiger partial charge in [0.15, 0.2) is 0 Å². The van der Waals surface area contributed by atoms with Gasteiger partial charge < -0.3 is 10.1 Å². The standard InChI is InChI=1S/C17H34N2O/c1-4-8-18-17-7-6-14(3)11-15(17)12-19-9-10-20-13-16(19)5-2/h14-18H,4-13H2,1-3H3. The Kier molecular flexibility index (Phi) is 6.79. The maximum absolute atomic E-state index is 5.65. The van der Waals surface area contributed by atoms with Crippen LogP contribution < -0.4 is 5.32 Å². The van der Waals surface area contributed by atoms with E-state index in [0.717, 1.165) is 37.6 Å². The molecular formula is C17H34N2O. The first kappa shape index (κ1) is 16.3. The van der Waals surface area contributed by atoms with E-state index in [1.807, 2.05) is 0 Å². The second kappa shape index (κ2) is 8.35. The van der Waals surface area contributed by atoms with Gasteiger partial charge in [-0.25, -0.2) is 0 Å². The van der Waals surface area contributed by atoms with Crippen molar-refractivity contribution in [2.24, 2.45) is 11.8 Å². The smallest absolute Gasteiger partial charge is 0.0622 e. The van der Waals surface area contributed by atoms with Gasteiger partial charge in [0, 0.05) is 25.2 Å². The zero-order valence-electron chi connectivity index (χ0n) is 13.7. The first-order valence-corrected chi connectivity index (χ1v) is 8.79.